The minimum Gasteiger partial charge on any atom is -0.496 e. The summed E-state index contributed by atoms with van der Waals surface area (Å²) in [6.45, 7) is 2.79. The fourth-order valence-electron chi connectivity index (χ4n) is 2.46. The van der Waals surface area contributed by atoms with Gasteiger partial charge in [-0.3, -0.25) is 4.79 Å². The van der Waals surface area contributed by atoms with Crippen LogP contribution in [-0.2, 0) is 13.2 Å². The van der Waals surface area contributed by atoms with Gasteiger partial charge < -0.3 is 14.8 Å². The number of thiazole rings is 1. The molecule has 0 spiro atoms. The molecule has 0 atom stereocenters. The van der Waals surface area contributed by atoms with Crippen LogP contribution in [0.1, 0.15) is 26.6 Å². The maximum atomic E-state index is 12.3. The number of aromatic nitrogens is 1. The molecule has 5 nitrogen and oxygen atoms in total. The Kier molecular flexibility index (Phi) is 5.86. The van der Waals surface area contributed by atoms with E-state index in [0.717, 1.165) is 22.0 Å². The molecule has 0 aliphatic carbocycles. The lowest BCUT2D eigenvalue weighted by molar-refractivity contribution is 0.0950. The number of benzene rings is 2. The first-order valence-corrected chi connectivity index (χ1v) is 9.07. The maximum Gasteiger partial charge on any atom is 0.251 e. The van der Waals surface area contributed by atoms with Crippen LogP contribution in [0, 0.1) is 6.92 Å². The molecule has 0 saturated carbocycles. The number of nitrogens with zero attached hydrogens (tertiary/aromatic N) is 1. The van der Waals surface area contributed by atoms with Crippen molar-refractivity contribution in [3.8, 4) is 11.5 Å². The van der Waals surface area contributed by atoms with Crippen molar-refractivity contribution in [2.75, 3.05) is 7.11 Å². The largest absolute Gasteiger partial charge is 0.496 e. The summed E-state index contributed by atoms with van der Waals surface area (Å²) in [4.78, 5) is 16.7. The zero-order valence-corrected chi connectivity index (χ0v) is 15.5. The summed E-state index contributed by atoms with van der Waals surface area (Å²) < 4.78 is 11.0. The highest BCUT2D eigenvalue weighted by Crippen LogP contribution is 2.18. The van der Waals surface area contributed by atoms with Crippen LogP contribution in [0.2, 0.25) is 0 Å². The average Bonchev–Trinajstić information content (AvgIpc) is 3.10. The molecule has 0 bridgehead atoms. The van der Waals surface area contributed by atoms with E-state index in [1.165, 1.54) is 0 Å². The normalized spacial score (nSPS) is 10.4. The number of amides is 1. The van der Waals surface area contributed by atoms with Crippen molar-refractivity contribution in [3.05, 3.63) is 75.7 Å². The van der Waals surface area contributed by atoms with E-state index >= 15 is 0 Å². The first-order valence-electron chi connectivity index (χ1n) is 8.19. The van der Waals surface area contributed by atoms with Crippen LogP contribution >= 0.6 is 11.3 Å². The van der Waals surface area contributed by atoms with Crippen LogP contribution in [0.3, 0.4) is 0 Å². The summed E-state index contributed by atoms with van der Waals surface area (Å²) in [5.41, 5.74) is 2.42. The summed E-state index contributed by atoms with van der Waals surface area (Å²) in [6.07, 6.45) is 0. The third-order valence-corrected chi connectivity index (χ3v) is 4.62. The van der Waals surface area contributed by atoms with E-state index in [-0.39, 0.29) is 5.91 Å². The molecule has 0 aliphatic rings. The van der Waals surface area contributed by atoms with Crippen molar-refractivity contribution in [2.24, 2.45) is 0 Å². The third kappa shape index (κ3) is 4.61. The van der Waals surface area contributed by atoms with E-state index in [1.54, 1.807) is 42.7 Å². The Morgan fingerprint density at radius 3 is 2.62 bits per heavy atom. The van der Waals surface area contributed by atoms with Gasteiger partial charge in [0.25, 0.3) is 5.91 Å². The molecule has 1 N–H and O–H groups in total. The topological polar surface area (TPSA) is 60.5 Å². The number of rotatable bonds is 7. The SMILES string of the molecule is COc1ccccc1CNC(=O)c1ccc(OCc2csc(C)n2)cc1. The summed E-state index contributed by atoms with van der Waals surface area (Å²) in [7, 11) is 1.62. The maximum absolute atomic E-state index is 12.3. The minimum atomic E-state index is -0.141. The van der Waals surface area contributed by atoms with Crippen LogP contribution in [0.25, 0.3) is 0 Å². The second kappa shape index (κ2) is 8.49. The van der Waals surface area contributed by atoms with E-state index in [2.05, 4.69) is 10.3 Å². The lowest BCUT2D eigenvalue weighted by Gasteiger charge is -2.10. The molecule has 0 radical (unpaired) electrons. The molecule has 3 rings (SSSR count). The highest BCUT2D eigenvalue weighted by atomic mass is 32.1. The molecule has 0 unspecified atom stereocenters. The number of hydrogen-bond donors (Lipinski definition) is 1. The Morgan fingerprint density at radius 1 is 1.15 bits per heavy atom. The van der Waals surface area contributed by atoms with Gasteiger partial charge in [-0.05, 0) is 37.3 Å². The van der Waals surface area contributed by atoms with Crippen LogP contribution in [0.5, 0.6) is 11.5 Å². The number of methoxy groups -OCH3 is 1. The fraction of sp³-hybridized carbons (Fsp3) is 0.200. The van der Waals surface area contributed by atoms with Gasteiger partial charge in [0.05, 0.1) is 17.8 Å². The molecular formula is C20H20N2O3S. The van der Waals surface area contributed by atoms with Crippen LogP contribution in [0.15, 0.2) is 53.9 Å². The highest BCUT2D eigenvalue weighted by Gasteiger charge is 2.08. The van der Waals surface area contributed by atoms with Gasteiger partial charge in [-0.2, -0.15) is 0 Å². The zero-order chi connectivity index (χ0) is 18.4. The summed E-state index contributed by atoms with van der Waals surface area (Å²) in [5.74, 6) is 1.32. The number of aryl methyl sites for hydroxylation is 1. The summed E-state index contributed by atoms with van der Waals surface area (Å²) in [5, 5.41) is 5.90. The summed E-state index contributed by atoms with van der Waals surface area (Å²) >= 11 is 1.60. The average molecular weight is 368 g/mol. The third-order valence-electron chi connectivity index (χ3n) is 3.80. The molecule has 0 fully saturated rings. The number of carbonyl (C=O) groups is 1. The number of nitrogens with one attached hydrogen (secondary N) is 1. The van der Waals surface area contributed by atoms with Gasteiger partial charge in [-0.25, -0.2) is 4.98 Å². The van der Waals surface area contributed by atoms with Crippen molar-refractivity contribution in [1.29, 1.82) is 0 Å². The highest BCUT2D eigenvalue weighted by molar-refractivity contribution is 7.09. The fourth-order valence-corrected chi connectivity index (χ4v) is 3.06. The van der Waals surface area contributed by atoms with E-state index in [1.807, 2.05) is 36.6 Å². The van der Waals surface area contributed by atoms with Gasteiger partial charge in [-0.15, -0.1) is 11.3 Å². The van der Waals surface area contributed by atoms with Crippen molar-refractivity contribution >= 4 is 17.2 Å². The standard InChI is InChI=1S/C20H20N2O3S/c1-14-22-17(13-26-14)12-25-18-9-7-15(8-10-18)20(23)21-11-16-5-3-4-6-19(16)24-2/h3-10,13H,11-12H2,1-2H3,(H,21,23). The first-order chi connectivity index (χ1) is 12.7. The Hall–Kier alpha value is -2.86. The van der Waals surface area contributed by atoms with Crippen molar-refractivity contribution in [3.63, 3.8) is 0 Å². The molecule has 1 aromatic heterocycles. The predicted octanol–water partition coefficient (Wildman–Crippen LogP) is 3.97. The Morgan fingerprint density at radius 2 is 1.92 bits per heavy atom. The van der Waals surface area contributed by atoms with Gasteiger partial charge in [0.1, 0.15) is 18.1 Å². The van der Waals surface area contributed by atoms with E-state index < -0.39 is 0 Å². The summed E-state index contributed by atoms with van der Waals surface area (Å²) in [6, 6.07) is 14.7. The molecule has 0 saturated heterocycles. The second-order valence-corrected chi connectivity index (χ2v) is 6.73. The molecule has 0 aliphatic heterocycles. The molecule has 1 heterocycles. The van der Waals surface area contributed by atoms with Gasteiger partial charge in [-0.1, -0.05) is 18.2 Å². The molecule has 26 heavy (non-hydrogen) atoms. The van der Waals surface area contributed by atoms with Gasteiger partial charge >= 0.3 is 0 Å². The predicted molar refractivity (Wildman–Crippen MR) is 102 cm³/mol. The number of hydrogen-bond acceptors (Lipinski definition) is 5. The molecule has 1 amide bonds. The van der Waals surface area contributed by atoms with E-state index in [4.69, 9.17) is 9.47 Å². The van der Waals surface area contributed by atoms with E-state index in [9.17, 15) is 4.79 Å². The van der Waals surface area contributed by atoms with Gasteiger partial charge in [0.2, 0.25) is 0 Å². The van der Waals surface area contributed by atoms with E-state index in [0.29, 0.717) is 24.5 Å². The monoisotopic (exact) mass is 368 g/mol. The molecule has 3 aromatic rings. The minimum absolute atomic E-state index is 0.141. The lowest BCUT2D eigenvalue weighted by atomic mass is 10.1. The number of ether oxygens (including phenoxy) is 2. The van der Waals surface area contributed by atoms with Gasteiger partial charge in [0, 0.05) is 23.1 Å². The second-order valence-electron chi connectivity index (χ2n) is 5.67. The van der Waals surface area contributed by atoms with Gasteiger partial charge in [0.15, 0.2) is 0 Å². The zero-order valence-electron chi connectivity index (χ0n) is 14.7. The van der Waals surface area contributed by atoms with Crippen molar-refractivity contribution < 1.29 is 14.3 Å². The first kappa shape index (κ1) is 17.9. The van der Waals surface area contributed by atoms with Crippen LogP contribution in [0.4, 0.5) is 0 Å². The quantitative estimate of drug-likeness (QED) is 0.685. The molecule has 6 heteroatoms. The Balaban J connectivity index is 1.55. The Labute approximate surface area is 156 Å². The Bertz CT molecular complexity index is 875. The van der Waals surface area contributed by atoms with Crippen molar-refractivity contribution in [2.45, 2.75) is 20.1 Å². The number of carbonyl (C=O) groups excluding carboxylic acids is 1. The molecule has 2 aromatic carbocycles. The van der Waals surface area contributed by atoms with Crippen molar-refractivity contribution in [1.82, 2.24) is 10.3 Å². The van der Waals surface area contributed by atoms with Crippen LogP contribution in [-0.4, -0.2) is 18.0 Å². The molecular weight excluding hydrogens is 348 g/mol. The smallest absolute Gasteiger partial charge is 0.251 e. The van der Waals surface area contributed by atoms with Crippen LogP contribution < -0.4 is 14.8 Å². The molecule has 134 valence electrons. The number of para-hydroxylation sites is 1. The lowest BCUT2D eigenvalue weighted by Crippen LogP contribution is -2.22.